The zero-order chi connectivity index (χ0) is 19.9. The van der Waals surface area contributed by atoms with Crippen LogP contribution in [0, 0.1) is 12.8 Å². The lowest BCUT2D eigenvalue weighted by molar-refractivity contribution is 0.136. The summed E-state index contributed by atoms with van der Waals surface area (Å²) in [5, 5.41) is 8.35. The van der Waals surface area contributed by atoms with Crippen LogP contribution >= 0.6 is 0 Å². The lowest BCUT2D eigenvalue weighted by Crippen LogP contribution is -2.20. The second-order valence-electron chi connectivity index (χ2n) is 7.08. The Morgan fingerprint density at radius 3 is 2.82 bits per heavy atom. The van der Waals surface area contributed by atoms with Gasteiger partial charge >= 0.3 is 6.09 Å². The Morgan fingerprint density at radius 2 is 2.04 bits per heavy atom. The van der Waals surface area contributed by atoms with E-state index in [0.717, 1.165) is 42.3 Å². The molecule has 0 aliphatic heterocycles. The van der Waals surface area contributed by atoms with Gasteiger partial charge in [0, 0.05) is 11.5 Å². The van der Waals surface area contributed by atoms with Crippen LogP contribution in [0.1, 0.15) is 45.2 Å². The van der Waals surface area contributed by atoms with Crippen molar-refractivity contribution in [2.45, 2.75) is 46.5 Å². The van der Waals surface area contributed by atoms with E-state index in [0.29, 0.717) is 24.2 Å². The number of aromatic nitrogens is 3. The minimum Gasteiger partial charge on any atom is -0.449 e. The fourth-order valence-corrected chi connectivity index (χ4v) is 3.17. The predicted octanol–water partition coefficient (Wildman–Crippen LogP) is 5.49. The molecule has 1 aromatic carbocycles. The number of nitrogens with one attached hydrogen (secondary N) is 1. The smallest absolute Gasteiger partial charge is 0.412 e. The number of carbonyl (C=O) groups is 1. The summed E-state index contributed by atoms with van der Waals surface area (Å²) < 4.78 is 7.09. The molecule has 0 fully saturated rings. The maximum absolute atomic E-state index is 12.3. The highest BCUT2D eigenvalue weighted by molar-refractivity contribution is 5.84. The monoisotopic (exact) mass is 380 g/mol. The summed E-state index contributed by atoms with van der Waals surface area (Å²) in [7, 11) is 0. The largest absolute Gasteiger partial charge is 0.449 e. The molecule has 28 heavy (non-hydrogen) atoms. The molecular weight excluding hydrogens is 352 g/mol. The number of hydrogen-bond acceptors (Lipinski definition) is 4. The first-order valence-electron chi connectivity index (χ1n) is 9.97. The van der Waals surface area contributed by atoms with Gasteiger partial charge in [-0.15, -0.1) is 0 Å². The van der Waals surface area contributed by atoms with Crippen molar-refractivity contribution in [1.29, 1.82) is 0 Å². The number of hydrogen-bond donors (Lipinski definition) is 1. The van der Waals surface area contributed by atoms with Gasteiger partial charge < -0.3 is 4.74 Å². The Balaban J connectivity index is 1.72. The molecule has 0 radical (unpaired) electrons. The second kappa shape index (κ2) is 9.35. The summed E-state index contributed by atoms with van der Waals surface area (Å²) in [6, 6.07) is 13.6. The van der Waals surface area contributed by atoms with Gasteiger partial charge in [0.05, 0.1) is 17.8 Å². The topological polar surface area (TPSA) is 69.0 Å². The van der Waals surface area contributed by atoms with E-state index in [4.69, 9.17) is 4.74 Å². The average Bonchev–Trinajstić information content (AvgIpc) is 3.07. The van der Waals surface area contributed by atoms with Gasteiger partial charge in [-0.3, -0.25) is 5.32 Å². The third kappa shape index (κ3) is 4.88. The van der Waals surface area contributed by atoms with Gasteiger partial charge in [-0.05, 0) is 37.5 Å². The summed E-state index contributed by atoms with van der Waals surface area (Å²) in [5.41, 5.74) is 1.67. The zero-order valence-corrected chi connectivity index (χ0v) is 16.8. The maximum atomic E-state index is 12.3. The van der Waals surface area contributed by atoms with Crippen molar-refractivity contribution in [2.75, 3.05) is 11.9 Å². The standard InChI is InChI=1S/C22H28N4O2/c1-4-6-9-17(5-2)15-28-22(27)24-21-14-16(3)25-26(21)20-13-12-18-10-7-8-11-19(18)23-20/h7-8,10-14,17H,4-6,9,15H2,1-3H3,(H,24,27). The van der Waals surface area contributed by atoms with E-state index < -0.39 is 6.09 Å². The van der Waals surface area contributed by atoms with Crippen LogP contribution in [0.2, 0.25) is 0 Å². The van der Waals surface area contributed by atoms with Gasteiger partial charge in [-0.1, -0.05) is 51.3 Å². The fraction of sp³-hybridized carbons (Fsp3) is 0.409. The molecule has 1 atom stereocenters. The number of fused-ring (bicyclic) bond motifs is 1. The highest BCUT2D eigenvalue weighted by atomic mass is 16.5. The number of anilines is 1. The molecule has 0 saturated carbocycles. The number of rotatable bonds is 8. The summed E-state index contributed by atoms with van der Waals surface area (Å²) >= 11 is 0. The molecule has 0 spiro atoms. The van der Waals surface area contributed by atoms with Crippen LogP contribution in [0.15, 0.2) is 42.5 Å². The molecule has 0 saturated heterocycles. The molecule has 2 aromatic heterocycles. The van der Waals surface area contributed by atoms with E-state index in [9.17, 15) is 4.79 Å². The number of para-hydroxylation sites is 1. The van der Waals surface area contributed by atoms with Gasteiger partial charge in [-0.2, -0.15) is 9.78 Å². The number of benzene rings is 1. The molecule has 1 N–H and O–H groups in total. The average molecular weight is 380 g/mol. The van der Waals surface area contributed by atoms with Crippen LogP contribution < -0.4 is 5.32 Å². The van der Waals surface area contributed by atoms with Crippen LogP contribution in [0.3, 0.4) is 0 Å². The van der Waals surface area contributed by atoms with E-state index in [2.05, 4.69) is 29.2 Å². The Labute approximate surface area is 165 Å². The summed E-state index contributed by atoms with van der Waals surface area (Å²) in [4.78, 5) is 17.0. The minimum absolute atomic E-state index is 0.402. The number of ether oxygens (including phenoxy) is 1. The van der Waals surface area contributed by atoms with Gasteiger partial charge in [-0.25, -0.2) is 9.78 Å². The lowest BCUT2D eigenvalue weighted by atomic mass is 10.0. The highest BCUT2D eigenvalue weighted by Gasteiger charge is 2.15. The van der Waals surface area contributed by atoms with Crippen molar-refractivity contribution < 1.29 is 9.53 Å². The van der Waals surface area contributed by atoms with E-state index in [1.165, 1.54) is 0 Å². The summed E-state index contributed by atoms with van der Waals surface area (Å²) in [6.45, 7) is 6.62. The molecule has 148 valence electrons. The molecule has 1 amide bonds. The first kappa shape index (κ1) is 19.9. The van der Waals surface area contributed by atoms with Crippen molar-refractivity contribution in [1.82, 2.24) is 14.8 Å². The van der Waals surface area contributed by atoms with Gasteiger partial charge in [0.2, 0.25) is 0 Å². The maximum Gasteiger partial charge on any atom is 0.412 e. The summed E-state index contributed by atoms with van der Waals surface area (Å²) in [5.74, 6) is 1.60. The minimum atomic E-state index is -0.461. The molecule has 6 nitrogen and oxygen atoms in total. The van der Waals surface area contributed by atoms with Crippen molar-refractivity contribution in [2.24, 2.45) is 5.92 Å². The third-order valence-electron chi connectivity index (χ3n) is 4.86. The van der Waals surface area contributed by atoms with E-state index in [-0.39, 0.29) is 0 Å². The number of pyridine rings is 1. The zero-order valence-electron chi connectivity index (χ0n) is 16.8. The highest BCUT2D eigenvalue weighted by Crippen LogP contribution is 2.20. The fourth-order valence-electron chi connectivity index (χ4n) is 3.17. The third-order valence-corrected chi connectivity index (χ3v) is 4.86. The van der Waals surface area contributed by atoms with E-state index in [1.807, 2.05) is 49.4 Å². The Morgan fingerprint density at radius 1 is 1.21 bits per heavy atom. The molecule has 0 aliphatic carbocycles. The molecule has 0 bridgehead atoms. The van der Waals surface area contributed by atoms with E-state index >= 15 is 0 Å². The molecule has 6 heteroatoms. The van der Waals surface area contributed by atoms with Crippen molar-refractivity contribution in [3.05, 3.63) is 48.2 Å². The van der Waals surface area contributed by atoms with Crippen LogP contribution in [0.5, 0.6) is 0 Å². The molecule has 0 aliphatic rings. The van der Waals surface area contributed by atoms with Crippen LogP contribution in [-0.2, 0) is 4.74 Å². The molecule has 1 unspecified atom stereocenters. The number of unbranched alkanes of at least 4 members (excludes halogenated alkanes) is 1. The first-order valence-corrected chi connectivity index (χ1v) is 9.97. The Hall–Kier alpha value is -2.89. The SMILES string of the molecule is CCCCC(CC)COC(=O)Nc1cc(C)nn1-c1ccc2ccccc2n1. The lowest BCUT2D eigenvalue weighted by Gasteiger charge is -2.15. The van der Waals surface area contributed by atoms with Crippen molar-refractivity contribution >= 4 is 22.8 Å². The van der Waals surface area contributed by atoms with Gasteiger partial charge in [0.25, 0.3) is 0 Å². The molecule has 3 rings (SSSR count). The van der Waals surface area contributed by atoms with Crippen LogP contribution in [0.25, 0.3) is 16.7 Å². The summed E-state index contributed by atoms with van der Waals surface area (Å²) in [6.07, 6.45) is 3.93. The van der Waals surface area contributed by atoms with Crippen molar-refractivity contribution in [3.8, 4) is 5.82 Å². The van der Waals surface area contributed by atoms with Crippen LogP contribution in [-0.4, -0.2) is 27.5 Å². The number of amides is 1. The predicted molar refractivity (Wildman–Crippen MR) is 112 cm³/mol. The molecular formula is C22H28N4O2. The Kier molecular flexibility index (Phi) is 6.63. The number of carbonyl (C=O) groups excluding carboxylic acids is 1. The van der Waals surface area contributed by atoms with Gasteiger partial charge in [0.1, 0.15) is 5.82 Å². The van der Waals surface area contributed by atoms with Crippen LogP contribution in [0.4, 0.5) is 10.6 Å². The Bertz CT molecular complexity index is 935. The number of nitrogens with zero attached hydrogens (tertiary/aromatic N) is 3. The normalized spacial score (nSPS) is 12.1. The second-order valence-corrected chi connectivity index (χ2v) is 7.08. The van der Waals surface area contributed by atoms with Gasteiger partial charge in [0.15, 0.2) is 5.82 Å². The molecule has 2 heterocycles. The number of aryl methyl sites for hydroxylation is 1. The molecule has 3 aromatic rings. The first-order chi connectivity index (χ1) is 13.6. The quantitative estimate of drug-likeness (QED) is 0.561. The van der Waals surface area contributed by atoms with E-state index in [1.54, 1.807) is 4.68 Å². The van der Waals surface area contributed by atoms with Crippen molar-refractivity contribution in [3.63, 3.8) is 0 Å².